The molecule has 1 unspecified atom stereocenters. The molecule has 1 aromatic heterocycles. The third kappa shape index (κ3) is 4.44. The molecule has 5 nitrogen and oxygen atoms in total. The van der Waals surface area contributed by atoms with Gasteiger partial charge in [0, 0.05) is 11.4 Å². The summed E-state index contributed by atoms with van der Waals surface area (Å²) in [5.41, 5.74) is 2.20. The van der Waals surface area contributed by atoms with Gasteiger partial charge in [-0.15, -0.1) is 11.3 Å². The van der Waals surface area contributed by atoms with Crippen molar-refractivity contribution in [2.45, 2.75) is 6.04 Å². The largest absolute Gasteiger partial charge is 0.486 e. The Balaban J connectivity index is 1.44. The Morgan fingerprint density at radius 3 is 2.55 bits per heavy atom. The van der Waals surface area contributed by atoms with E-state index in [2.05, 4.69) is 22.3 Å². The number of ether oxygens (including phenoxy) is 2. The number of likely N-dealkylation sites (N-methyl/N-ethyl adjacent to an activating group) is 1. The van der Waals surface area contributed by atoms with Gasteiger partial charge in [0.05, 0.1) is 10.9 Å². The Morgan fingerprint density at radius 1 is 1.03 bits per heavy atom. The minimum Gasteiger partial charge on any atom is -0.486 e. The van der Waals surface area contributed by atoms with Gasteiger partial charge in [-0.2, -0.15) is 0 Å². The number of nitrogens with one attached hydrogen (secondary N) is 1. The van der Waals surface area contributed by atoms with Crippen molar-refractivity contribution in [2.75, 3.05) is 33.9 Å². The third-order valence-corrected chi connectivity index (χ3v) is 6.05. The smallest absolute Gasteiger partial charge is 0.261 e. The summed E-state index contributed by atoms with van der Waals surface area (Å²) in [6, 6.07) is 20.1. The zero-order valence-electron chi connectivity index (χ0n) is 16.6. The van der Waals surface area contributed by atoms with E-state index in [9.17, 15) is 4.79 Å². The molecular formula is C23H24N2O3S. The van der Waals surface area contributed by atoms with E-state index in [1.54, 1.807) is 0 Å². The highest BCUT2D eigenvalue weighted by Gasteiger charge is 2.18. The van der Waals surface area contributed by atoms with E-state index in [0.717, 1.165) is 21.9 Å². The molecule has 2 heterocycles. The van der Waals surface area contributed by atoms with Gasteiger partial charge in [0.2, 0.25) is 0 Å². The molecule has 1 atom stereocenters. The molecule has 1 N–H and O–H groups in total. The lowest BCUT2D eigenvalue weighted by atomic mass is 10.1. The van der Waals surface area contributed by atoms with Crippen LogP contribution in [0, 0.1) is 0 Å². The topological polar surface area (TPSA) is 50.8 Å². The summed E-state index contributed by atoms with van der Waals surface area (Å²) < 4.78 is 11.2. The first-order chi connectivity index (χ1) is 14.1. The minimum atomic E-state index is -0.0541. The number of hydrogen-bond acceptors (Lipinski definition) is 5. The molecule has 29 heavy (non-hydrogen) atoms. The van der Waals surface area contributed by atoms with E-state index in [-0.39, 0.29) is 11.9 Å². The Kier molecular flexibility index (Phi) is 5.83. The average molecular weight is 409 g/mol. The minimum absolute atomic E-state index is 0.0541. The third-order valence-electron chi connectivity index (χ3n) is 4.92. The molecule has 0 saturated heterocycles. The summed E-state index contributed by atoms with van der Waals surface area (Å²) in [5.74, 6) is 1.47. The Bertz CT molecular complexity index is 985. The molecule has 1 aliphatic heterocycles. The van der Waals surface area contributed by atoms with Crippen LogP contribution in [-0.4, -0.2) is 44.7 Å². The van der Waals surface area contributed by atoms with E-state index in [4.69, 9.17) is 9.47 Å². The second-order valence-corrected chi connectivity index (χ2v) is 8.21. The second kappa shape index (κ2) is 8.68. The highest BCUT2D eigenvalue weighted by Crippen LogP contribution is 2.36. The van der Waals surface area contributed by atoms with E-state index >= 15 is 0 Å². The number of carbonyl (C=O) groups is 1. The zero-order valence-corrected chi connectivity index (χ0v) is 17.4. The fourth-order valence-electron chi connectivity index (χ4n) is 3.36. The van der Waals surface area contributed by atoms with Gasteiger partial charge >= 0.3 is 0 Å². The van der Waals surface area contributed by atoms with Crippen LogP contribution in [0.15, 0.2) is 60.7 Å². The number of hydrogen-bond donors (Lipinski definition) is 1. The van der Waals surface area contributed by atoms with Gasteiger partial charge < -0.3 is 19.7 Å². The zero-order chi connectivity index (χ0) is 20.2. The monoisotopic (exact) mass is 408 g/mol. The van der Waals surface area contributed by atoms with Gasteiger partial charge in [-0.1, -0.05) is 30.3 Å². The molecule has 0 spiro atoms. The fourth-order valence-corrected chi connectivity index (χ4v) is 4.28. The summed E-state index contributed by atoms with van der Waals surface area (Å²) >= 11 is 1.48. The lowest BCUT2D eigenvalue weighted by molar-refractivity contribution is 0.0946. The van der Waals surface area contributed by atoms with Crippen LogP contribution in [0.3, 0.4) is 0 Å². The second-order valence-electron chi connectivity index (χ2n) is 7.12. The number of amides is 1. The van der Waals surface area contributed by atoms with Crippen molar-refractivity contribution < 1.29 is 14.3 Å². The molecular weight excluding hydrogens is 384 g/mol. The molecule has 150 valence electrons. The first-order valence-corrected chi connectivity index (χ1v) is 10.4. The average Bonchev–Trinajstić information content (AvgIpc) is 3.24. The van der Waals surface area contributed by atoms with Crippen LogP contribution in [0.1, 0.15) is 21.3 Å². The molecule has 3 aromatic rings. The van der Waals surface area contributed by atoms with Gasteiger partial charge in [-0.3, -0.25) is 4.79 Å². The van der Waals surface area contributed by atoms with Gasteiger partial charge in [-0.25, -0.2) is 0 Å². The van der Waals surface area contributed by atoms with Crippen LogP contribution in [0.5, 0.6) is 11.5 Å². The van der Waals surface area contributed by atoms with E-state index in [1.807, 2.05) is 62.6 Å². The van der Waals surface area contributed by atoms with Crippen LogP contribution >= 0.6 is 11.3 Å². The summed E-state index contributed by atoms with van der Waals surface area (Å²) in [5, 5.41) is 3.08. The number of rotatable bonds is 6. The number of benzene rings is 2. The highest BCUT2D eigenvalue weighted by molar-refractivity contribution is 7.17. The molecule has 0 fully saturated rings. The van der Waals surface area contributed by atoms with Crippen molar-refractivity contribution in [1.29, 1.82) is 0 Å². The van der Waals surface area contributed by atoms with Gasteiger partial charge in [0.15, 0.2) is 11.5 Å². The van der Waals surface area contributed by atoms with Crippen molar-refractivity contribution in [2.24, 2.45) is 0 Å². The molecule has 1 aliphatic rings. The van der Waals surface area contributed by atoms with Crippen LogP contribution < -0.4 is 14.8 Å². The number of carbonyl (C=O) groups excluding carboxylic acids is 1. The van der Waals surface area contributed by atoms with Gasteiger partial charge in [0.25, 0.3) is 5.91 Å². The SMILES string of the molecule is CN(C)C(CNC(=O)c1ccc(-c2ccc3c(c2)OCCO3)s1)c1ccccc1. The summed E-state index contributed by atoms with van der Waals surface area (Å²) in [6.07, 6.45) is 0. The van der Waals surface area contributed by atoms with E-state index < -0.39 is 0 Å². The molecule has 1 amide bonds. The quantitative estimate of drug-likeness (QED) is 0.664. The molecule has 2 aromatic carbocycles. The van der Waals surface area contributed by atoms with Crippen molar-refractivity contribution in [3.05, 3.63) is 71.1 Å². The Morgan fingerprint density at radius 2 is 1.79 bits per heavy atom. The van der Waals surface area contributed by atoms with Crippen molar-refractivity contribution >= 4 is 17.2 Å². The fraction of sp³-hybridized carbons (Fsp3) is 0.261. The normalized spacial score (nSPS) is 13.9. The van der Waals surface area contributed by atoms with Crippen LogP contribution in [0.25, 0.3) is 10.4 Å². The maximum atomic E-state index is 12.7. The molecule has 6 heteroatoms. The Labute approximate surface area is 174 Å². The first-order valence-electron chi connectivity index (χ1n) is 9.61. The summed E-state index contributed by atoms with van der Waals surface area (Å²) in [6.45, 7) is 1.68. The molecule has 4 rings (SSSR count). The lowest BCUT2D eigenvalue weighted by Crippen LogP contribution is -2.34. The van der Waals surface area contributed by atoms with E-state index in [1.165, 1.54) is 16.9 Å². The van der Waals surface area contributed by atoms with Gasteiger partial charge in [0.1, 0.15) is 13.2 Å². The van der Waals surface area contributed by atoms with Crippen LogP contribution in [0.4, 0.5) is 0 Å². The Hall–Kier alpha value is -2.83. The maximum Gasteiger partial charge on any atom is 0.261 e. The van der Waals surface area contributed by atoms with Crippen molar-refractivity contribution in [1.82, 2.24) is 10.2 Å². The number of fused-ring (bicyclic) bond motifs is 1. The summed E-state index contributed by atoms with van der Waals surface area (Å²) in [7, 11) is 4.05. The van der Waals surface area contributed by atoms with Crippen molar-refractivity contribution in [3.8, 4) is 21.9 Å². The molecule has 0 radical (unpaired) electrons. The molecule has 0 aliphatic carbocycles. The number of thiophene rings is 1. The maximum absolute atomic E-state index is 12.7. The van der Waals surface area contributed by atoms with Gasteiger partial charge in [-0.05, 0) is 55.6 Å². The summed E-state index contributed by atoms with van der Waals surface area (Å²) in [4.78, 5) is 16.6. The highest BCUT2D eigenvalue weighted by atomic mass is 32.1. The predicted octanol–water partition coefficient (Wildman–Crippen LogP) is 4.22. The van der Waals surface area contributed by atoms with Crippen LogP contribution in [0.2, 0.25) is 0 Å². The van der Waals surface area contributed by atoms with Crippen molar-refractivity contribution in [3.63, 3.8) is 0 Å². The van der Waals surface area contributed by atoms with Crippen LogP contribution in [-0.2, 0) is 0 Å². The van der Waals surface area contributed by atoms with E-state index in [0.29, 0.717) is 24.6 Å². The predicted molar refractivity (Wildman–Crippen MR) is 116 cm³/mol. The number of nitrogens with zero attached hydrogens (tertiary/aromatic N) is 1. The molecule has 0 saturated carbocycles. The first kappa shape index (κ1) is 19.5. The standard InChI is InChI=1S/C23H24N2O3S/c1-25(2)18(16-6-4-3-5-7-16)15-24-23(26)22-11-10-21(29-22)17-8-9-19-20(14-17)28-13-12-27-19/h3-11,14,18H,12-13,15H2,1-2H3,(H,24,26). The lowest BCUT2D eigenvalue weighted by Gasteiger charge is -2.25. The molecule has 0 bridgehead atoms.